The Kier molecular flexibility index (Phi) is 3.50. The van der Waals surface area contributed by atoms with Crippen molar-refractivity contribution in [1.82, 2.24) is 0 Å². The molecule has 0 N–H and O–H groups in total. The van der Waals surface area contributed by atoms with E-state index in [1.165, 1.54) is 18.2 Å². The minimum Gasteiger partial charge on any atom is -0.294 e. The van der Waals surface area contributed by atoms with Gasteiger partial charge in [0.2, 0.25) is 0 Å². The molecule has 0 aromatic heterocycles. The number of hydrogen-bond acceptors (Lipinski definition) is 1. The van der Waals surface area contributed by atoms with E-state index in [9.17, 15) is 9.18 Å². The van der Waals surface area contributed by atoms with Crippen LogP contribution in [-0.2, 0) is 0 Å². The molecule has 0 aliphatic carbocycles. The van der Waals surface area contributed by atoms with Gasteiger partial charge in [-0.1, -0.05) is 32.4 Å². The van der Waals surface area contributed by atoms with E-state index >= 15 is 0 Å². The summed E-state index contributed by atoms with van der Waals surface area (Å²) in [5.74, 6) is -0.552. The van der Waals surface area contributed by atoms with Crippen LogP contribution in [0.25, 0.3) is 0 Å². The van der Waals surface area contributed by atoms with Gasteiger partial charge in [0.25, 0.3) is 0 Å². The van der Waals surface area contributed by atoms with Crippen molar-refractivity contribution < 1.29 is 9.18 Å². The van der Waals surface area contributed by atoms with Crippen molar-refractivity contribution in [3.8, 4) is 0 Å². The highest BCUT2D eigenvalue weighted by atomic mass is 35.5. The maximum absolute atomic E-state index is 12.9. The van der Waals surface area contributed by atoms with Crippen molar-refractivity contribution >= 4 is 17.4 Å². The molecule has 0 aliphatic heterocycles. The van der Waals surface area contributed by atoms with Gasteiger partial charge in [0.15, 0.2) is 5.78 Å². The molecule has 0 spiro atoms. The first-order valence-corrected chi connectivity index (χ1v) is 5.16. The Balaban J connectivity index is 2.96. The second-order valence-electron chi connectivity index (χ2n) is 4.78. The third kappa shape index (κ3) is 3.63. The molecule has 0 aliphatic rings. The molecule has 1 nitrogen and oxygen atoms in total. The summed E-state index contributed by atoms with van der Waals surface area (Å²) in [6.07, 6.45) is 0.357. The molecule has 1 aromatic rings. The second-order valence-corrected chi connectivity index (χ2v) is 5.19. The van der Waals surface area contributed by atoms with Gasteiger partial charge in [-0.2, -0.15) is 0 Å². The van der Waals surface area contributed by atoms with E-state index < -0.39 is 5.82 Å². The maximum atomic E-state index is 12.9. The van der Waals surface area contributed by atoms with Crippen LogP contribution in [0.2, 0.25) is 5.02 Å². The summed E-state index contributed by atoms with van der Waals surface area (Å²) in [7, 11) is 0. The van der Waals surface area contributed by atoms with Gasteiger partial charge in [0.1, 0.15) is 5.82 Å². The van der Waals surface area contributed by atoms with Gasteiger partial charge in [-0.3, -0.25) is 4.79 Å². The lowest BCUT2D eigenvalue weighted by atomic mass is 9.88. The molecular formula is C12H14ClFO. The van der Waals surface area contributed by atoms with Crippen LogP contribution in [0.15, 0.2) is 18.2 Å². The molecule has 0 heterocycles. The quantitative estimate of drug-likeness (QED) is 0.697. The second kappa shape index (κ2) is 4.31. The van der Waals surface area contributed by atoms with E-state index in [0.29, 0.717) is 11.4 Å². The monoisotopic (exact) mass is 228 g/mol. The lowest BCUT2D eigenvalue weighted by Crippen LogP contribution is -2.13. The molecule has 0 amide bonds. The van der Waals surface area contributed by atoms with Crippen LogP contribution >= 0.6 is 11.6 Å². The van der Waals surface area contributed by atoms with Crippen LogP contribution in [0, 0.1) is 11.2 Å². The van der Waals surface area contributed by atoms with Gasteiger partial charge in [0, 0.05) is 12.0 Å². The van der Waals surface area contributed by atoms with Crippen LogP contribution in [-0.4, -0.2) is 5.78 Å². The number of rotatable bonds is 2. The lowest BCUT2D eigenvalue weighted by Gasteiger charge is -2.17. The molecule has 1 aromatic carbocycles. The third-order valence-corrected chi connectivity index (χ3v) is 2.25. The number of Topliss-reactive ketones (excluding diaryl/α,β-unsaturated/α-hetero) is 1. The van der Waals surface area contributed by atoms with Crippen LogP contribution in [0.4, 0.5) is 4.39 Å². The molecule has 0 atom stereocenters. The topological polar surface area (TPSA) is 17.1 Å². The summed E-state index contributed by atoms with van der Waals surface area (Å²) in [4.78, 5) is 11.8. The third-order valence-electron chi connectivity index (χ3n) is 1.92. The van der Waals surface area contributed by atoms with Gasteiger partial charge in [-0.15, -0.1) is 0 Å². The van der Waals surface area contributed by atoms with E-state index in [1.807, 2.05) is 20.8 Å². The predicted molar refractivity (Wildman–Crippen MR) is 59.8 cm³/mol. The Morgan fingerprint density at radius 3 is 2.53 bits per heavy atom. The van der Waals surface area contributed by atoms with Crippen molar-refractivity contribution in [3.05, 3.63) is 34.6 Å². The van der Waals surface area contributed by atoms with Crippen molar-refractivity contribution in [2.75, 3.05) is 0 Å². The van der Waals surface area contributed by atoms with Crippen LogP contribution in [0.1, 0.15) is 37.6 Å². The zero-order valence-corrected chi connectivity index (χ0v) is 9.86. The number of benzene rings is 1. The number of ketones is 1. The summed E-state index contributed by atoms with van der Waals surface area (Å²) in [6, 6.07) is 3.85. The summed E-state index contributed by atoms with van der Waals surface area (Å²) in [6.45, 7) is 5.87. The van der Waals surface area contributed by atoms with Gasteiger partial charge in [-0.25, -0.2) is 4.39 Å². The van der Waals surface area contributed by atoms with Crippen LogP contribution in [0.5, 0.6) is 0 Å². The van der Waals surface area contributed by atoms with E-state index in [1.54, 1.807) is 0 Å². The number of halogens is 2. The first-order chi connectivity index (χ1) is 6.79. The van der Waals surface area contributed by atoms with Gasteiger partial charge in [-0.05, 0) is 23.6 Å². The summed E-state index contributed by atoms with van der Waals surface area (Å²) < 4.78 is 12.9. The highest BCUT2D eigenvalue weighted by Crippen LogP contribution is 2.25. The summed E-state index contributed by atoms with van der Waals surface area (Å²) in [5.41, 5.74) is 0.152. The van der Waals surface area contributed by atoms with E-state index in [0.717, 1.165) is 0 Å². The molecule has 82 valence electrons. The molecule has 0 radical (unpaired) electrons. The zero-order chi connectivity index (χ0) is 11.6. The Labute approximate surface area is 94.3 Å². The van der Waals surface area contributed by atoms with Gasteiger partial charge >= 0.3 is 0 Å². The van der Waals surface area contributed by atoms with Crippen LogP contribution in [0.3, 0.4) is 0 Å². The fourth-order valence-electron chi connectivity index (χ4n) is 1.29. The summed E-state index contributed by atoms with van der Waals surface area (Å²) >= 11 is 5.83. The SMILES string of the molecule is CC(C)(C)CC(=O)c1cc(F)ccc1Cl. The van der Waals surface area contributed by atoms with Crippen molar-refractivity contribution in [1.29, 1.82) is 0 Å². The van der Waals surface area contributed by atoms with Gasteiger partial charge < -0.3 is 0 Å². The van der Waals surface area contributed by atoms with Crippen LogP contribution < -0.4 is 0 Å². The Bertz CT molecular complexity index is 380. The molecule has 3 heteroatoms. The molecular weight excluding hydrogens is 215 g/mol. The van der Waals surface area contributed by atoms with Gasteiger partial charge in [0.05, 0.1) is 5.02 Å². The highest BCUT2D eigenvalue weighted by Gasteiger charge is 2.19. The Hall–Kier alpha value is -0.890. The molecule has 1 rings (SSSR count). The number of carbonyl (C=O) groups is 1. The molecule has 0 unspecified atom stereocenters. The normalized spacial score (nSPS) is 11.5. The fourth-order valence-corrected chi connectivity index (χ4v) is 1.51. The van der Waals surface area contributed by atoms with E-state index in [4.69, 9.17) is 11.6 Å². The smallest absolute Gasteiger partial charge is 0.164 e. The average molecular weight is 229 g/mol. The van der Waals surface area contributed by atoms with Crippen molar-refractivity contribution in [3.63, 3.8) is 0 Å². The fraction of sp³-hybridized carbons (Fsp3) is 0.417. The van der Waals surface area contributed by atoms with Crippen molar-refractivity contribution in [2.24, 2.45) is 5.41 Å². The highest BCUT2D eigenvalue weighted by molar-refractivity contribution is 6.33. The van der Waals surface area contributed by atoms with E-state index in [-0.39, 0.29) is 16.8 Å². The molecule has 0 fully saturated rings. The molecule has 0 bridgehead atoms. The number of hydrogen-bond donors (Lipinski definition) is 0. The Morgan fingerprint density at radius 2 is 2.00 bits per heavy atom. The standard InChI is InChI=1S/C12H14ClFO/c1-12(2,3)7-11(15)9-6-8(14)4-5-10(9)13/h4-6H,7H2,1-3H3. The largest absolute Gasteiger partial charge is 0.294 e. The maximum Gasteiger partial charge on any atom is 0.164 e. The first kappa shape index (κ1) is 12.2. The molecule has 0 saturated heterocycles. The summed E-state index contributed by atoms with van der Waals surface area (Å²) in [5, 5.41) is 0.311. The first-order valence-electron chi connectivity index (χ1n) is 4.78. The zero-order valence-electron chi connectivity index (χ0n) is 9.10. The van der Waals surface area contributed by atoms with Crippen molar-refractivity contribution in [2.45, 2.75) is 27.2 Å². The minimum absolute atomic E-state index is 0.118. The lowest BCUT2D eigenvalue weighted by molar-refractivity contribution is 0.0939. The average Bonchev–Trinajstić information content (AvgIpc) is 2.06. The molecule has 0 saturated carbocycles. The Morgan fingerprint density at radius 1 is 1.40 bits per heavy atom. The minimum atomic E-state index is -0.434. The number of carbonyl (C=O) groups excluding carboxylic acids is 1. The predicted octanol–water partition coefficient (Wildman–Crippen LogP) is 4.10. The van der Waals surface area contributed by atoms with E-state index in [2.05, 4.69) is 0 Å². The molecule has 15 heavy (non-hydrogen) atoms.